The van der Waals surface area contributed by atoms with Gasteiger partial charge in [0.25, 0.3) is 11.5 Å². The topological polar surface area (TPSA) is 67.2 Å². The highest BCUT2D eigenvalue weighted by atomic mass is 32.1. The van der Waals surface area contributed by atoms with E-state index in [4.69, 9.17) is 4.98 Å². The number of carbonyl (C=O) groups excluding carboxylic acids is 1. The van der Waals surface area contributed by atoms with Gasteiger partial charge in [0.15, 0.2) is 0 Å². The fourth-order valence-corrected chi connectivity index (χ4v) is 5.57. The molecule has 1 amide bonds. The van der Waals surface area contributed by atoms with Gasteiger partial charge < -0.3 is 10.2 Å². The quantitative estimate of drug-likeness (QED) is 0.665. The van der Waals surface area contributed by atoms with Gasteiger partial charge in [0, 0.05) is 18.5 Å². The van der Waals surface area contributed by atoms with Crippen LogP contribution in [0.3, 0.4) is 0 Å². The minimum atomic E-state index is -0.0641. The summed E-state index contributed by atoms with van der Waals surface area (Å²) in [6, 6.07) is 1.79. The van der Waals surface area contributed by atoms with Gasteiger partial charge in [-0.2, -0.15) is 0 Å². The lowest BCUT2D eigenvalue weighted by Gasteiger charge is -2.14. The van der Waals surface area contributed by atoms with E-state index in [1.165, 1.54) is 16.2 Å². The first kappa shape index (κ1) is 14.3. The van der Waals surface area contributed by atoms with Crippen LogP contribution in [-0.2, 0) is 19.5 Å². The molecule has 0 unspecified atom stereocenters. The molecule has 122 valence electrons. The Balaban J connectivity index is 1.90. The highest BCUT2D eigenvalue weighted by Crippen LogP contribution is 2.33. The number of nitrogens with one attached hydrogen (secondary N) is 1. The van der Waals surface area contributed by atoms with Gasteiger partial charge in [-0.25, -0.2) is 4.98 Å². The summed E-state index contributed by atoms with van der Waals surface area (Å²) in [7, 11) is 1.75. The van der Waals surface area contributed by atoms with Gasteiger partial charge in [-0.1, -0.05) is 0 Å². The van der Waals surface area contributed by atoms with Crippen molar-refractivity contribution in [1.82, 2.24) is 19.8 Å². The summed E-state index contributed by atoms with van der Waals surface area (Å²) < 4.78 is 1.65. The average Bonchev–Trinajstić information content (AvgIpc) is 3.16. The highest BCUT2D eigenvalue weighted by molar-refractivity contribution is 7.18. The molecule has 3 aromatic rings. The van der Waals surface area contributed by atoms with E-state index < -0.39 is 0 Å². The Kier molecular flexibility index (Phi) is 2.97. The van der Waals surface area contributed by atoms with Gasteiger partial charge in [-0.15, -0.1) is 22.7 Å². The summed E-state index contributed by atoms with van der Waals surface area (Å²) in [6.45, 7) is 2.02. The molecule has 5 heterocycles. The van der Waals surface area contributed by atoms with E-state index in [1.807, 2.05) is 5.38 Å². The Morgan fingerprint density at radius 1 is 1.33 bits per heavy atom. The number of hydrogen-bond acceptors (Lipinski definition) is 6. The molecule has 5 rings (SSSR count). The molecular formula is C16H14N4O2S2. The molecule has 8 heteroatoms. The van der Waals surface area contributed by atoms with Crippen LogP contribution in [-0.4, -0.2) is 34.0 Å². The summed E-state index contributed by atoms with van der Waals surface area (Å²) in [6.07, 6.45) is 0.849. The van der Waals surface area contributed by atoms with Crippen LogP contribution < -0.4 is 10.9 Å². The minimum Gasteiger partial charge on any atom is -0.334 e. The summed E-state index contributed by atoms with van der Waals surface area (Å²) in [5.74, 6) is 0.571. The van der Waals surface area contributed by atoms with Crippen molar-refractivity contribution in [1.29, 1.82) is 0 Å². The Hall–Kier alpha value is -2.03. The van der Waals surface area contributed by atoms with E-state index in [1.54, 1.807) is 33.9 Å². The fourth-order valence-electron chi connectivity index (χ4n) is 3.46. The normalized spacial score (nSPS) is 16.7. The van der Waals surface area contributed by atoms with Gasteiger partial charge in [0.2, 0.25) is 0 Å². The van der Waals surface area contributed by atoms with Gasteiger partial charge in [0.1, 0.15) is 15.7 Å². The van der Waals surface area contributed by atoms with E-state index in [0.717, 1.165) is 35.3 Å². The van der Waals surface area contributed by atoms with Crippen LogP contribution in [0.4, 0.5) is 0 Å². The third kappa shape index (κ3) is 1.81. The number of carbonyl (C=O) groups is 1. The van der Waals surface area contributed by atoms with E-state index >= 15 is 0 Å². The molecule has 0 saturated carbocycles. The van der Waals surface area contributed by atoms with E-state index in [2.05, 4.69) is 5.32 Å². The molecule has 0 atom stereocenters. The minimum absolute atomic E-state index is 0.0406. The molecule has 0 saturated heterocycles. The predicted molar refractivity (Wildman–Crippen MR) is 94.3 cm³/mol. The van der Waals surface area contributed by atoms with E-state index in [9.17, 15) is 9.59 Å². The van der Waals surface area contributed by atoms with Crippen molar-refractivity contribution in [2.24, 2.45) is 0 Å². The van der Waals surface area contributed by atoms with Crippen LogP contribution in [0.2, 0.25) is 0 Å². The molecule has 1 N–H and O–H groups in total. The Morgan fingerprint density at radius 3 is 3.08 bits per heavy atom. The second-order valence-corrected chi connectivity index (χ2v) is 8.06. The van der Waals surface area contributed by atoms with Crippen LogP contribution in [0.1, 0.15) is 26.6 Å². The molecule has 2 aliphatic rings. The summed E-state index contributed by atoms with van der Waals surface area (Å²) in [4.78, 5) is 34.2. The molecule has 3 aromatic heterocycles. The van der Waals surface area contributed by atoms with Crippen molar-refractivity contribution in [2.75, 3.05) is 13.6 Å². The van der Waals surface area contributed by atoms with Crippen LogP contribution in [0.15, 0.2) is 16.2 Å². The van der Waals surface area contributed by atoms with Crippen LogP contribution in [0, 0.1) is 0 Å². The first-order valence-corrected chi connectivity index (χ1v) is 9.45. The smallest absolute Gasteiger partial charge is 0.267 e. The number of fused-ring (bicyclic) bond motifs is 6. The van der Waals surface area contributed by atoms with Crippen LogP contribution in [0.25, 0.3) is 15.2 Å². The van der Waals surface area contributed by atoms with Crippen molar-refractivity contribution in [2.45, 2.75) is 19.5 Å². The number of thiophene rings is 2. The van der Waals surface area contributed by atoms with Gasteiger partial charge in [-0.05, 0) is 30.0 Å². The Labute approximate surface area is 145 Å². The standard InChI is InChI=1S/C16H14N4O2S2/c1-19-7-11-18-13-12(8-2-4-17-6-10(8)24-13)15(22)20(11)16-9(14(19)21)3-5-23-16/h3,5,17H,2,4,6-7H2,1H3. The van der Waals surface area contributed by atoms with Gasteiger partial charge in [-0.3, -0.25) is 14.2 Å². The molecule has 0 aromatic carbocycles. The van der Waals surface area contributed by atoms with E-state index in [0.29, 0.717) is 22.9 Å². The molecule has 0 fully saturated rings. The molecule has 0 bridgehead atoms. The third-order valence-corrected chi connectivity index (χ3v) is 6.64. The maximum atomic E-state index is 13.3. The largest absolute Gasteiger partial charge is 0.334 e. The zero-order valence-corrected chi connectivity index (χ0v) is 14.6. The van der Waals surface area contributed by atoms with Gasteiger partial charge in [0.05, 0.1) is 17.5 Å². The molecule has 0 radical (unpaired) electrons. The molecule has 2 aliphatic heterocycles. The zero-order valence-electron chi connectivity index (χ0n) is 13.0. The van der Waals surface area contributed by atoms with Crippen LogP contribution in [0.5, 0.6) is 0 Å². The lowest BCUT2D eigenvalue weighted by atomic mass is 10.1. The number of hydrogen-bond donors (Lipinski definition) is 1. The van der Waals surface area contributed by atoms with Crippen molar-refractivity contribution in [3.63, 3.8) is 0 Å². The summed E-state index contributed by atoms with van der Waals surface area (Å²) in [5, 5.41) is 6.63. The monoisotopic (exact) mass is 358 g/mol. The highest BCUT2D eigenvalue weighted by Gasteiger charge is 2.29. The van der Waals surface area contributed by atoms with Gasteiger partial charge >= 0.3 is 0 Å². The molecule has 0 spiro atoms. The summed E-state index contributed by atoms with van der Waals surface area (Å²) in [5.41, 5.74) is 1.67. The molecule has 0 aliphatic carbocycles. The SMILES string of the molecule is CN1Cc2nc3sc4c(c3c(=O)n2-c2sccc2C1=O)CCNC4. The predicted octanol–water partition coefficient (Wildman–Crippen LogP) is 1.74. The van der Waals surface area contributed by atoms with Crippen molar-refractivity contribution in [3.8, 4) is 5.00 Å². The third-order valence-electron chi connectivity index (χ3n) is 4.62. The number of amides is 1. The summed E-state index contributed by atoms with van der Waals surface area (Å²) >= 11 is 3.01. The average molecular weight is 358 g/mol. The zero-order chi connectivity index (χ0) is 16.4. The molecule has 6 nitrogen and oxygen atoms in total. The first-order valence-electron chi connectivity index (χ1n) is 7.75. The Morgan fingerprint density at radius 2 is 2.21 bits per heavy atom. The fraction of sp³-hybridized carbons (Fsp3) is 0.312. The molecule has 24 heavy (non-hydrogen) atoms. The van der Waals surface area contributed by atoms with Crippen molar-refractivity contribution in [3.05, 3.63) is 43.6 Å². The van der Waals surface area contributed by atoms with Crippen molar-refractivity contribution >= 4 is 38.8 Å². The van der Waals surface area contributed by atoms with E-state index in [-0.39, 0.29) is 11.5 Å². The van der Waals surface area contributed by atoms with Crippen LogP contribution >= 0.6 is 22.7 Å². The van der Waals surface area contributed by atoms with Crippen molar-refractivity contribution < 1.29 is 4.79 Å². The Bertz CT molecular complexity index is 1060. The maximum Gasteiger partial charge on any atom is 0.267 e. The first-order chi connectivity index (χ1) is 11.6. The number of nitrogens with zero attached hydrogens (tertiary/aromatic N) is 3. The number of rotatable bonds is 0. The molecular weight excluding hydrogens is 344 g/mol. The number of aromatic nitrogens is 2. The second-order valence-electron chi connectivity index (χ2n) is 6.08. The lowest BCUT2D eigenvalue weighted by molar-refractivity contribution is 0.0786. The lowest BCUT2D eigenvalue weighted by Crippen LogP contribution is -2.27. The maximum absolute atomic E-state index is 13.3. The second kappa shape index (κ2) is 4.98.